The van der Waals surface area contributed by atoms with Gasteiger partial charge in [-0.25, -0.2) is 0 Å². The van der Waals surface area contributed by atoms with Crippen molar-refractivity contribution in [1.29, 1.82) is 0 Å². The van der Waals surface area contributed by atoms with Gasteiger partial charge >= 0.3 is 7.12 Å². The number of aryl methyl sites for hydroxylation is 1. The second-order valence-electron chi connectivity index (χ2n) is 7.02. The summed E-state index contributed by atoms with van der Waals surface area (Å²) in [5, 5.41) is 3.35. The minimum atomic E-state index is -0.283. The van der Waals surface area contributed by atoms with E-state index in [4.69, 9.17) is 9.31 Å². The molecule has 2 heterocycles. The number of hydrogen-bond acceptors (Lipinski definition) is 3. The molecule has 2 aliphatic rings. The summed E-state index contributed by atoms with van der Waals surface area (Å²) in [6.45, 7) is 12.7. The highest BCUT2D eigenvalue weighted by Gasteiger charge is 2.52. The predicted molar refractivity (Wildman–Crippen MR) is 82.5 cm³/mol. The Bertz CT molecular complexity index is 507. The van der Waals surface area contributed by atoms with E-state index in [0.717, 1.165) is 13.1 Å². The normalized spacial score (nSPS) is 24.8. The Kier molecular flexibility index (Phi) is 3.24. The van der Waals surface area contributed by atoms with E-state index in [1.54, 1.807) is 0 Å². The van der Waals surface area contributed by atoms with Gasteiger partial charge in [0.15, 0.2) is 0 Å². The first kappa shape index (κ1) is 14.1. The Balaban J connectivity index is 1.99. The maximum absolute atomic E-state index is 6.25. The van der Waals surface area contributed by atoms with Gasteiger partial charge in [0.05, 0.1) is 11.2 Å². The molecule has 108 valence electrons. The van der Waals surface area contributed by atoms with E-state index in [1.807, 2.05) is 0 Å². The molecule has 0 atom stereocenters. The summed E-state index contributed by atoms with van der Waals surface area (Å²) in [5.74, 6) is 0.587. The van der Waals surface area contributed by atoms with Crippen LogP contribution in [0.25, 0.3) is 0 Å². The van der Waals surface area contributed by atoms with Crippen LogP contribution < -0.4 is 10.8 Å². The minimum Gasteiger partial charge on any atom is -0.399 e. The van der Waals surface area contributed by atoms with E-state index >= 15 is 0 Å². The average Bonchev–Trinajstić information content (AvgIpc) is 2.45. The summed E-state index contributed by atoms with van der Waals surface area (Å²) in [5.41, 5.74) is 3.30. The van der Waals surface area contributed by atoms with Gasteiger partial charge in [0.2, 0.25) is 0 Å². The SMILES string of the molecule is Cc1cccc(C2CNC2)c1B1OC(C)(C)C(C)(C)O1. The van der Waals surface area contributed by atoms with Crippen molar-refractivity contribution in [1.82, 2.24) is 5.32 Å². The standard InChI is InChI=1S/C16H24BNO2/c1-11-7-6-8-13(12-9-18-10-12)14(11)17-19-15(2,3)16(4,5)20-17/h6-8,12,18H,9-10H2,1-5H3. The monoisotopic (exact) mass is 273 g/mol. The lowest BCUT2D eigenvalue weighted by molar-refractivity contribution is 0.00578. The molecule has 1 aromatic rings. The van der Waals surface area contributed by atoms with Crippen LogP contribution >= 0.6 is 0 Å². The predicted octanol–water partition coefficient (Wildman–Crippen LogP) is 1.98. The molecule has 0 amide bonds. The first-order chi connectivity index (χ1) is 9.32. The molecule has 3 rings (SSSR count). The van der Waals surface area contributed by atoms with Gasteiger partial charge in [0, 0.05) is 19.0 Å². The van der Waals surface area contributed by atoms with Gasteiger partial charge in [-0.05, 0) is 45.6 Å². The van der Waals surface area contributed by atoms with E-state index in [0.29, 0.717) is 5.92 Å². The molecule has 2 fully saturated rings. The van der Waals surface area contributed by atoms with Crippen molar-refractivity contribution in [3.8, 4) is 0 Å². The molecular weight excluding hydrogens is 249 g/mol. The fraction of sp³-hybridized carbons (Fsp3) is 0.625. The third-order valence-corrected chi connectivity index (χ3v) is 5.07. The maximum atomic E-state index is 6.25. The zero-order valence-corrected chi connectivity index (χ0v) is 13.1. The van der Waals surface area contributed by atoms with E-state index in [-0.39, 0.29) is 18.3 Å². The molecule has 1 N–H and O–H groups in total. The van der Waals surface area contributed by atoms with Gasteiger partial charge in [-0.1, -0.05) is 23.8 Å². The van der Waals surface area contributed by atoms with Crippen molar-refractivity contribution in [2.24, 2.45) is 0 Å². The Morgan fingerprint density at radius 1 is 1.10 bits per heavy atom. The van der Waals surface area contributed by atoms with E-state index in [1.165, 1.54) is 16.6 Å². The molecule has 0 radical (unpaired) electrons. The topological polar surface area (TPSA) is 30.5 Å². The summed E-state index contributed by atoms with van der Waals surface area (Å²) >= 11 is 0. The first-order valence-corrected chi connectivity index (χ1v) is 7.47. The van der Waals surface area contributed by atoms with Crippen LogP contribution in [-0.2, 0) is 9.31 Å². The number of benzene rings is 1. The molecule has 0 spiro atoms. The molecule has 3 nitrogen and oxygen atoms in total. The van der Waals surface area contributed by atoms with Crippen molar-refractivity contribution in [2.45, 2.75) is 51.7 Å². The van der Waals surface area contributed by atoms with Crippen molar-refractivity contribution in [2.75, 3.05) is 13.1 Å². The molecule has 4 heteroatoms. The van der Waals surface area contributed by atoms with Crippen molar-refractivity contribution >= 4 is 12.6 Å². The van der Waals surface area contributed by atoms with Crippen LogP contribution in [0.3, 0.4) is 0 Å². The number of hydrogen-bond donors (Lipinski definition) is 1. The third-order valence-electron chi connectivity index (χ3n) is 5.07. The van der Waals surface area contributed by atoms with E-state index in [2.05, 4.69) is 58.1 Å². The van der Waals surface area contributed by atoms with Crippen molar-refractivity contribution < 1.29 is 9.31 Å². The summed E-state index contributed by atoms with van der Waals surface area (Å²) in [7, 11) is -0.253. The fourth-order valence-corrected chi connectivity index (χ4v) is 2.85. The highest BCUT2D eigenvalue weighted by Crippen LogP contribution is 2.37. The average molecular weight is 273 g/mol. The largest absolute Gasteiger partial charge is 0.495 e. The molecular formula is C16H24BNO2. The molecule has 0 unspecified atom stereocenters. The number of nitrogens with one attached hydrogen (secondary N) is 1. The van der Waals surface area contributed by atoms with Crippen LogP contribution in [0.2, 0.25) is 0 Å². The van der Waals surface area contributed by atoms with Gasteiger partial charge < -0.3 is 14.6 Å². The third kappa shape index (κ3) is 2.10. The highest BCUT2D eigenvalue weighted by molar-refractivity contribution is 6.63. The van der Waals surface area contributed by atoms with Gasteiger partial charge in [-0.15, -0.1) is 0 Å². The molecule has 20 heavy (non-hydrogen) atoms. The number of rotatable bonds is 2. The van der Waals surface area contributed by atoms with Crippen LogP contribution in [0.1, 0.15) is 44.7 Å². The quantitative estimate of drug-likeness (QED) is 0.836. The van der Waals surface area contributed by atoms with Gasteiger partial charge in [0.25, 0.3) is 0 Å². The van der Waals surface area contributed by atoms with Crippen LogP contribution in [-0.4, -0.2) is 31.4 Å². The van der Waals surface area contributed by atoms with Crippen molar-refractivity contribution in [3.05, 3.63) is 29.3 Å². The Morgan fingerprint density at radius 2 is 1.70 bits per heavy atom. The van der Waals surface area contributed by atoms with E-state index < -0.39 is 0 Å². The Labute approximate surface area is 122 Å². The zero-order chi connectivity index (χ0) is 14.5. The van der Waals surface area contributed by atoms with Crippen LogP contribution in [0.5, 0.6) is 0 Å². The zero-order valence-electron chi connectivity index (χ0n) is 13.1. The lowest BCUT2D eigenvalue weighted by atomic mass is 9.69. The molecule has 0 saturated carbocycles. The van der Waals surface area contributed by atoms with Gasteiger partial charge in [-0.2, -0.15) is 0 Å². The summed E-state index contributed by atoms with van der Waals surface area (Å²) in [6.07, 6.45) is 0. The second-order valence-corrected chi connectivity index (χ2v) is 7.02. The van der Waals surface area contributed by atoms with Gasteiger partial charge in [-0.3, -0.25) is 0 Å². The Hall–Kier alpha value is -0.835. The van der Waals surface area contributed by atoms with Crippen molar-refractivity contribution in [3.63, 3.8) is 0 Å². The summed E-state index contributed by atoms with van der Waals surface area (Å²) in [6, 6.07) is 6.51. The Morgan fingerprint density at radius 3 is 2.20 bits per heavy atom. The minimum absolute atomic E-state index is 0.253. The lowest BCUT2D eigenvalue weighted by Gasteiger charge is -2.32. The summed E-state index contributed by atoms with van der Waals surface area (Å²) < 4.78 is 12.5. The maximum Gasteiger partial charge on any atom is 0.495 e. The molecule has 1 aromatic carbocycles. The summed E-state index contributed by atoms with van der Waals surface area (Å²) in [4.78, 5) is 0. The van der Waals surface area contributed by atoms with Crippen LogP contribution in [0.15, 0.2) is 18.2 Å². The molecule has 0 aliphatic carbocycles. The molecule has 2 aliphatic heterocycles. The van der Waals surface area contributed by atoms with Gasteiger partial charge in [0.1, 0.15) is 0 Å². The molecule has 2 saturated heterocycles. The van der Waals surface area contributed by atoms with Crippen LogP contribution in [0.4, 0.5) is 0 Å². The van der Waals surface area contributed by atoms with Crippen LogP contribution in [0, 0.1) is 6.92 Å². The second kappa shape index (κ2) is 4.59. The molecule has 0 bridgehead atoms. The lowest BCUT2D eigenvalue weighted by Crippen LogP contribution is -2.46. The first-order valence-electron chi connectivity index (χ1n) is 7.47. The smallest absolute Gasteiger partial charge is 0.399 e. The fourth-order valence-electron chi connectivity index (χ4n) is 2.85. The van der Waals surface area contributed by atoms with E-state index in [9.17, 15) is 0 Å². The highest BCUT2D eigenvalue weighted by atomic mass is 16.7. The molecule has 0 aromatic heterocycles.